The molecular weight excluding hydrogens is 328 g/mol. The van der Waals surface area contributed by atoms with E-state index < -0.39 is 0 Å². The normalized spacial score (nSPS) is 18.6. The fourth-order valence-corrected chi connectivity index (χ4v) is 3.67. The fourth-order valence-electron chi connectivity index (χ4n) is 3.67. The van der Waals surface area contributed by atoms with Gasteiger partial charge in [0.05, 0.1) is 23.8 Å². The molecule has 136 valence electrons. The Labute approximate surface area is 153 Å². The largest absolute Gasteiger partial charge is 0.351 e. The van der Waals surface area contributed by atoms with Crippen LogP contribution in [-0.2, 0) is 0 Å². The lowest BCUT2D eigenvalue weighted by atomic mass is 9.91. The number of carbonyl (C=O) groups is 1. The number of aromatic nitrogens is 3. The Balaban J connectivity index is 1.80. The molecule has 7 heteroatoms. The smallest absolute Gasteiger partial charge is 0.269 e. The predicted molar refractivity (Wildman–Crippen MR) is 98.9 cm³/mol. The lowest BCUT2D eigenvalue weighted by Crippen LogP contribution is -2.40. The van der Waals surface area contributed by atoms with Gasteiger partial charge in [0.25, 0.3) is 5.91 Å². The van der Waals surface area contributed by atoms with Gasteiger partial charge >= 0.3 is 0 Å². The van der Waals surface area contributed by atoms with E-state index >= 15 is 0 Å². The number of pyridine rings is 1. The number of nitrogens with zero attached hydrogens (tertiary/aromatic N) is 4. The first-order valence-corrected chi connectivity index (χ1v) is 8.72. The van der Waals surface area contributed by atoms with Crippen molar-refractivity contribution in [2.75, 3.05) is 18.0 Å². The zero-order valence-electron chi connectivity index (χ0n) is 15.6. The van der Waals surface area contributed by atoms with Crippen LogP contribution in [0.4, 0.5) is 5.82 Å². The highest BCUT2D eigenvalue weighted by Gasteiger charge is 2.38. The van der Waals surface area contributed by atoms with Crippen LogP contribution in [0.1, 0.15) is 47.6 Å². The molecule has 7 nitrogen and oxygen atoms in total. The van der Waals surface area contributed by atoms with Gasteiger partial charge in [0.1, 0.15) is 17.6 Å². The first kappa shape index (κ1) is 17.9. The third-order valence-electron chi connectivity index (χ3n) is 4.86. The molecule has 1 amide bonds. The SMILES string of the molecule is Cc1cc(N2CC(C)(C)CC2CNC(=O)c2cnc[nH]2)nc(C)c1C#N. The number of H-pyrrole nitrogens is 1. The molecule has 1 atom stereocenters. The average molecular weight is 352 g/mol. The van der Waals surface area contributed by atoms with Crippen molar-refractivity contribution in [3.05, 3.63) is 41.1 Å². The highest BCUT2D eigenvalue weighted by molar-refractivity contribution is 5.92. The first-order valence-electron chi connectivity index (χ1n) is 8.72. The van der Waals surface area contributed by atoms with Crippen molar-refractivity contribution < 1.29 is 4.79 Å². The molecule has 1 unspecified atom stereocenters. The molecule has 1 saturated heterocycles. The van der Waals surface area contributed by atoms with Crippen molar-refractivity contribution in [1.29, 1.82) is 5.26 Å². The Morgan fingerprint density at radius 1 is 1.50 bits per heavy atom. The summed E-state index contributed by atoms with van der Waals surface area (Å²) in [7, 11) is 0. The van der Waals surface area contributed by atoms with Crippen molar-refractivity contribution in [3.8, 4) is 6.07 Å². The quantitative estimate of drug-likeness (QED) is 0.880. The number of hydrogen-bond donors (Lipinski definition) is 2. The Bertz CT molecular complexity index is 826. The zero-order valence-corrected chi connectivity index (χ0v) is 15.6. The predicted octanol–water partition coefficient (Wildman–Crippen LogP) is 2.33. The fraction of sp³-hybridized carbons (Fsp3) is 0.474. The van der Waals surface area contributed by atoms with Crippen LogP contribution in [0.2, 0.25) is 0 Å². The summed E-state index contributed by atoms with van der Waals surface area (Å²) < 4.78 is 0. The van der Waals surface area contributed by atoms with E-state index in [-0.39, 0.29) is 17.4 Å². The summed E-state index contributed by atoms with van der Waals surface area (Å²) in [5.41, 5.74) is 2.89. The van der Waals surface area contributed by atoms with E-state index in [2.05, 4.69) is 45.1 Å². The molecule has 1 fully saturated rings. The van der Waals surface area contributed by atoms with Gasteiger partial charge in [-0.1, -0.05) is 13.8 Å². The second-order valence-electron chi connectivity index (χ2n) is 7.69. The second-order valence-corrected chi connectivity index (χ2v) is 7.69. The summed E-state index contributed by atoms with van der Waals surface area (Å²) in [5.74, 6) is 0.706. The van der Waals surface area contributed by atoms with Gasteiger partial charge in [-0.25, -0.2) is 9.97 Å². The Hall–Kier alpha value is -2.88. The van der Waals surface area contributed by atoms with Gasteiger partial charge < -0.3 is 15.2 Å². The van der Waals surface area contributed by atoms with E-state index in [1.54, 1.807) is 0 Å². The van der Waals surface area contributed by atoms with Gasteiger partial charge in [0, 0.05) is 19.1 Å². The molecular formula is C19H24N6O. The molecule has 2 N–H and O–H groups in total. The number of hydrogen-bond acceptors (Lipinski definition) is 5. The zero-order chi connectivity index (χ0) is 18.9. The standard InChI is InChI=1S/C19H24N6O/c1-12-5-17(24-13(2)15(12)7-20)25-10-19(3,4)6-14(25)8-22-18(26)16-9-21-11-23-16/h5,9,11,14H,6,8,10H2,1-4H3,(H,21,23)(H,22,26). The first-order chi connectivity index (χ1) is 12.3. The van der Waals surface area contributed by atoms with Crippen LogP contribution in [0.15, 0.2) is 18.6 Å². The van der Waals surface area contributed by atoms with Crippen LogP contribution >= 0.6 is 0 Å². The number of carbonyl (C=O) groups excluding carboxylic acids is 1. The topological polar surface area (TPSA) is 97.7 Å². The number of anilines is 1. The molecule has 2 aromatic rings. The van der Waals surface area contributed by atoms with E-state index in [9.17, 15) is 10.1 Å². The summed E-state index contributed by atoms with van der Waals surface area (Å²) >= 11 is 0. The third-order valence-corrected chi connectivity index (χ3v) is 4.86. The van der Waals surface area contributed by atoms with Gasteiger partial charge in [-0.3, -0.25) is 4.79 Å². The average Bonchev–Trinajstić information content (AvgIpc) is 3.20. The maximum absolute atomic E-state index is 12.2. The van der Waals surface area contributed by atoms with Gasteiger partial charge in [-0.05, 0) is 37.3 Å². The van der Waals surface area contributed by atoms with E-state index in [0.717, 1.165) is 30.0 Å². The number of nitrogens with one attached hydrogen (secondary N) is 2. The molecule has 3 heterocycles. The van der Waals surface area contributed by atoms with Crippen LogP contribution in [0.3, 0.4) is 0 Å². The minimum atomic E-state index is -0.160. The van der Waals surface area contributed by atoms with E-state index in [0.29, 0.717) is 17.8 Å². The van der Waals surface area contributed by atoms with Crippen LogP contribution in [-0.4, -0.2) is 40.0 Å². The lowest BCUT2D eigenvalue weighted by Gasteiger charge is -2.27. The van der Waals surface area contributed by atoms with E-state index in [4.69, 9.17) is 0 Å². The molecule has 1 aliphatic heterocycles. The molecule has 0 radical (unpaired) electrons. The highest BCUT2D eigenvalue weighted by atomic mass is 16.1. The molecule has 2 aromatic heterocycles. The molecule has 3 rings (SSSR count). The van der Waals surface area contributed by atoms with Crippen molar-refractivity contribution >= 4 is 11.7 Å². The van der Waals surface area contributed by atoms with E-state index in [1.165, 1.54) is 12.5 Å². The summed E-state index contributed by atoms with van der Waals surface area (Å²) in [6.07, 6.45) is 3.96. The molecule has 26 heavy (non-hydrogen) atoms. The second kappa shape index (κ2) is 6.79. The van der Waals surface area contributed by atoms with Crippen LogP contribution in [0.25, 0.3) is 0 Å². The summed E-state index contributed by atoms with van der Waals surface area (Å²) in [5, 5.41) is 12.3. The molecule has 0 bridgehead atoms. The summed E-state index contributed by atoms with van der Waals surface area (Å²) in [6, 6.07) is 4.34. The van der Waals surface area contributed by atoms with Crippen molar-refractivity contribution in [2.24, 2.45) is 5.41 Å². The number of aryl methyl sites for hydroxylation is 2. The maximum atomic E-state index is 12.2. The lowest BCUT2D eigenvalue weighted by molar-refractivity contribution is 0.0946. The molecule has 0 aliphatic carbocycles. The van der Waals surface area contributed by atoms with Crippen molar-refractivity contribution in [1.82, 2.24) is 20.3 Å². The molecule has 1 aliphatic rings. The Morgan fingerprint density at radius 3 is 2.88 bits per heavy atom. The third kappa shape index (κ3) is 3.54. The number of nitriles is 1. The number of imidazole rings is 1. The van der Waals surface area contributed by atoms with Gasteiger partial charge in [-0.2, -0.15) is 5.26 Å². The molecule has 0 saturated carbocycles. The van der Waals surface area contributed by atoms with Gasteiger partial charge in [0.2, 0.25) is 0 Å². The number of aromatic amines is 1. The van der Waals surface area contributed by atoms with Crippen LogP contribution in [0, 0.1) is 30.6 Å². The van der Waals surface area contributed by atoms with E-state index in [1.807, 2.05) is 19.9 Å². The summed E-state index contributed by atoms with van der Waals surface area (Å²) in [4.78, 5) is 25.8. The monoisotopic (exact) mass is 352 g/mol. The van der Waals surface area contributed by atoms with Crippen molar-refractivity contribution in [3.63, 3.8) is 0 Å². The molecule has 0 spiro atoms. The highest BCUT2D eigenvalue weighted by Crippen LogP contribution is 2.37. The summed E-state index contributed by atoms with van der Waals surface area (Å²) in [6.45, 7) is 9.63. The van der Waals surface area contributed by atoms with Crippen LogP contribution in [0.5, 0.6) is 0 Å². The van der Waals surface area contributed by atoms with Crippen LogP contribution < -0.4 is 10.2 Å². The minimum Gasteiger partial charge on any atom is -0.351 e. The Morgan fingerprint density at radius 2 is 2.27 bits per heavy atom. The molecule has 0 aromatic carbocycles. The Kier molecular flexibility index (Phi) is 4.68. The van der Waals surface area contributed by atoms with Gasteiger partial charge in [-0.15, -0.1) is 0 Å². The minimum absolute atomic E-state index is 0.126. The maximum Gasteiger partial charge on any atom is 0.269 e. The van der Waals surface area contributed by atoms with Gasteiger partial charge in [0.15, 0.2) is 0 Å². The van der Waals surface area contributed by atoms with Crippen molar-refractivity contribution in [2.45, 2.75) is 40.2 Å². The number of rotatable bonds is 4. The number of amides is 1.